The van der Waals surface area contributed by atoms with E-state index in [2.05, 4.69) is 48.4 Å². The third-order valence-corrected chi connectivity index (χ3v) is 4.74. The zero-order chi connectivity index (χ0) is 9.19. The molecule has 2 heteroatoms. The minimum Gasteiger partial charge on any atom is -0.304 e. The predicted octanol–water partition coefficient (Wildman–Crippen LogP) is 2.93. The van der Waals surface area contributed by atoms with Gasteiger partial charge in [-0.15, -0.1) is 0 Å². The van der Waals surface area contributed by atoms with Crippen LogP contribution in [0.25, 0.3) is 0 Å². The fourth-order valence-electron chi connectivity index (χ4n) is 1.30. The van der Waals surface area contributed by atoms with E-state index >= 15 is 0 Å². The summed E-state index contributed by atoms with van der Waals surface area (Å²) in [6.07, 6.45) is 4.36. The van der Waals surface area contributed by atoms with Crippen LogP contribution >= 0.6 is 22.6 Å². The number of halogens is 1. The van der Waals surface area contributed by atoms with E-state index in [-0.39, 0.29) is 0 Å². The zero-order valence-corrected chi connectivity index (χ0v) is 10.6. The number of alkyl halides is 1. The Balaban J connectivity index is 2.17. The molecule has 0 N–H and O–H groups in total. The fraction of sp³-hybridized carbons (Fsp3) is 1.00. The van der Waals surface area contributed by atoms with Crippen LogP contribution in [-0.4, -0.2) is 29.0 Å². The van der Waals surface area contributed by atoms with E-state index in [1.54, 1.807) is 0 Å². The third kappa shape index (κ3) is 2.87. The van der Waals surface area contributed by atoms with Crippen molar-refractivity contribution in [2.24, 2.45) is 5.41 Å². The normalized spacial score (nSPS) is 20.5. The molecule has 0 amide bonds. The zero-order valence-electron chi connectivity index (χ0n) is 8.44. The van der Waals surface area contributed by atoms with Crippen LogP contribution in [0.1, 0.15) is 33.1 Å². The second kappa shape index (κ2) is 4.27. The molecule has 72 valence electrons. The number of nitrogens with zero attached hydrogens (tertiary/aromatic N) is 1. The van der Waals surface area contributed by atoms with Crippen molar-refractivity contribution in [3.05, 3.63) is 0 Å². The standard InChI is InChI=1S/C10H20IN/c1-9(2)12(3)7-6-10(8-11)4-5-10/h9H,4-8H2,1-3H3. The minimum absolute atomic E-state index is 0.704. The molecule has 0 aromatic rings. The molecule has 0 aromatic carbocycles. The molecule has 12 heavy (non-hydrogen) atoms. The lowest BCUT2D eigenvalue weighted by atomic mass is 10.1. The van der Waals surface area contributed by atoms with E-state index in [0.29, 0.717) is 6.04 Å². The molecule has 1 aliphatic rings. The molecule has 1 saturated carbocycles. The molecule has 0 atom stereocenters. The van der Waals surface area contributed by atoms with Gasteiger partial charge in [-0.3, -0.25) is 0 Å². The monoisotopic (exact) mass is 281 g/mol. The van der Waals surface area contributed by atoms with Crippen molar-refractivity contribution in [1.29, 1.82) is 0 Å². The smallest absolute Gasteiger partial charge is 0.00524 e. The number of hydrogen-bond acceptors (Lipinski definition) is 1. The fourth-order valence-corrected chi connectivity index (χ4v) is 2.44. The first-order valence-electron chi connectivity index (χ1n) is 4.86. The van der Waals surface area contributed by atoms with Crippen LogP contribution in [0.15, 0.2) is 0 Å². The molecule has 1 aliphatic carbocycles. The van der Waals surface area contributed by atoms with E-state index in [0.717, 1.165) is 5.41 Å². The average Bonchev–Trinajstić information content (AvgIpc) is 2.81. The summed E-state index contributed by atoms with van der Waals surface area (Å²) in [7, 11) is 2.23. The van der Waals surface area contributed by atoms with Crippen LogP contribution in [0.4, 0.5) is 0 Å². The average molecular weight is 281 g/mol. The lowest BCUT2D eigenvalue weighted by molar-refractivity contribution is 0.252. The molecule has 0 saturated heterocycles. The molecule has 0 aliphatic heterocycles. The second-order valence-electron chi connectivity index (χ2n) is 4.46. The molecule has 0 bridgehead atoms. The van der Waals surface area contributed by atoms with Gasteiger partial charge in [0.05, 0.1) is 0 Å². The summed E-state index contributed by atoms with van der Waals surface area (Å²) in [5.74, 6) is 0. The first-order chi connectivity index (χ1) is 5.59. The van der Waals surface area contributed by atoms with Crippen LogP contribution in [0.5, 0.6) is 0 Å². The Hall–Kier alpha value is 0.690. The van der Waals surface area contributed by atoms with Gasteiger partial charge in [-0.2, -0.15) is 0 Å². The Bertz CT molecular complexity index is 141. The molecule has 1 rings (SSSR count). The van der Waals surface area contributed by atoms with Crippen molar-refractivity contribution >= 4 is 22.6 Å². The lowest BCUT2D eigenvalue weighted by Gasteiger charge is -2.23. The van der Waals surface area contributed by atoms with Gasteiger partial charge in [0, 0.05) is 10.5 Å². The van der Waals surface area contributed by atoms with Gasteiger partial charge in [0.2, 0.25) is 0 Å². The largest absolute Gasteiger partial charge is 0.304 e. The summed E-state index contributed by atoms with van der Waals surface area (Å²) in [5, 5.41) is 0. The van der Waals surface area contributed by atoms with Crippen LogP contribution < -0.4 is 0 Å². The molecule has 0 heterocycles. The summed E-state index contributed by atoms with van der Waals surface area (Å²) < 4.78 is 1.36. The van der Waals surface area contributed by atoms with Crippen LogP contribution in [0.3, 0.4) is 0 Å². The lowest BCUT2D eigenvalue weighted by Crippen LogP contribution is -2.29. The number of rotatable bonds is 5. The molecule has 1 nitrogen and oxygen atoms in total. The van der Waals surface area contributed by atoms with Crippen molar-refractivity contribution in [2.45, 2.75) is 39.2 Å². The van der Waals surface area contributed by atoms with Gasteiger partial charge in [0.25, 0.3) is 0 Å². The molecular weight excluding hydrogens is 261 g/mol. The Morgan fingerprint density at radius 3 is 2.33 bits per heavy atom. The van der Waals surface area contributed by atoms with Crippen molar-refractivity contribution in [3.63, 3.8) is 0 Å². The topological polar surface area (TPSA) is 3.24 Å². The van der Waals surface area contributed by atoms with Gasteiger partial charge in [-0.25, -0.2) is 0 Å². The van der Waals surface area contributed by atoms with E-state index in [4.69, 9.17) is 0 Å². The SMILES string of the molecule is CC(C)N(C)CCC1(CI)CC1. The van der Waals surface area contributed by atoms with Crippen molar-refractivity contribution in [1.82, 2.24) is 4.90 Å². The highest BCUT2D eigenvalue weighted by molar-refractivity contribution is 14.1. The molecule has 1 fully saturated rings. The Morgan fingerprint density at radius 2 is 2.00 bits per heavy atom. The first-order valence-corrected chi connectivity index (χ1v) is 6.38. The minimum atomic E-state index is 0.704. The van der Waals surface area contributed by atoms with Gasteiger partial charge < -0.3 is 4.90 Å². The van der Waals surface area contributed by atoms with Crippen LogP contribution in [-0.2, 0) is 0 Å². The highest BCUT2D eigenvalue weighted by atomic mass is 127. The Kier molecular flexibility index (Phi) is 3.83. The van der Waals surface area contributed by atoms with E-state index in [1.165, 1.54) is 30.2 Å². The van der Waals surface area contributed by atoms with Crippen LogP contribution in [0, 0.1) is 5.41 Å². The number of hydrogen-bond donors (Lipinski definition) is 0. The van der Waals surface area contributed by atoms with Crippen molar-refractivity contribution in [3.8, 4) is 0 Å². The van der Waals surface area contributed by atoms with Crippen LogP contribution in [0.2, 0.25) is 0 Å². The first kappa shape index (κ1) is 10.8. The summed E-state index contributed by atoms with van der Waals surface area (Å²) in [4.78, 5) is 2.45. The van der Waals surface area contributed by atoms with Crippen molar-refractivity contribution < 1.29 is 0 Å². The second-order valence-corrected chi connectivity index (χ2v) is 5.22. The quantitative estimate of drug-likeness (QED) is 0.553. The summed E-state index contributed by atoms with van der Waals surface area (Å²) in [6, 6.07) is 0.704. The molecular formula is C10H20IN. The molecule has 0 aromatic heterocycles. The summed E-state index contributed by atoms with van der Waals surface area (Å²) in [6.45, 7) is 5.81. The van der Waals surface area contributed by atoms with E-state index in [1.807, 2.05) is 0 Å². The van der Waals surface area contributed by atoms with Crippen molar-refractivity contribution in [2.75, 3.05) is 18.0 Å². The van der Waals surface area contributed by atoms with Gasteiger partial charge in [-0.1, -0.05) is 22.6 Å². The molecule has 0 spiro atoms. The highest BCUT2D eigenvalue weighted by Gasteiger charge is 2.40. The highest BCUT2D eigenvalue weighted by Crippen LogP contribution is 2.50. The predicted molar refractivity (Wildman–Crippen MR) is 62.9 cm³/mol. The van der Waals surface area contributed by atoms with Gasteiger partial charge >= 0.3 is 0 Å². The van der Waals surface area contributed by atoms with E-state index < -0.39 is 0 Å². The third-order valence-electron chi connectivity index (χ3n) is 3.12. The molecule has 0 unspecified atom stereocenters. The Morgan fingerprint density at radius 1 is 1.42 bits per heavy atom. The van der Waals surface area contributed by atoms with E-state index in [9.17, 15) is 0 Å². The van der Waals surface area contributed by atoms with Gasteiger partial charge in [-0.05, 0) is 52.1 Å². The Labute approximate surface area is 90.0 Å². The summed E-state index contributed by atoms with van der Waals surface area (Å²) in [5.41, 5.74) is 0.754. The maximum absolute atomic E-state index is 2.54. The van der Waals surface area contributed by atoms with Gasteiger partial charge in [0.15, 0.2) is 0 Å². The molecule has 0 radical (unpaired) electrons. The maximum Gasteiger partial charge on any atom is 0.00524 e. The maximum atomic E-state index is 2.54. The van der Waals surface area contributed by atoms with Gasteiger partial charge in [0.1, 0.15) is 0 Å². The summed E-state index contributed by atoms with van der Waals surface area (Å²) >= 11 is 2.54.